The molecule has 0 spiro atoms. The molecule has 0 aromatic carbocycles. The summed E-state index contributed by atoms with van der Waals surface area (Å²) in [6.45, 7) is 2.08. The van der Waals surface area contributed by atoms with Gasteiger partial charge in [0, 0.05) is 6.54 Å². The Hall–Kier alpha value is 0.450. The minimum Gasteiger partial charge on any atom is -0.320 e. The molecule has 0 aliphatic carbocycles. The van der Waals surface area contributed by atoms with E-state index in [9.17, 15) is 4.79 Å². The second kappa shape index (κ2) is 5.25. The normalized spacial score (nSPS) is 14.6. The molecule has 2 unspecified atom stereocenters. The Morgan fingerprint density at radius 3 is 2.89 bits per heavy atom. The number of hydrogen-bond donors (Lipinski definition) is 2. The molecule has 0 aromatic heterocycles. The molecule has 3 N–H and O–H groups in total. The molecule has 3 nitrogen and oxygen atoms in total. The van der Waals surface area contributed by atoms with Gasteiger partial charge in [0.25, 0.3) is 0 Å². The molecular weight excluding hydrogens is 154 g/mol. The minimum absolute atomic E-state index is 0.0331. The lowest BCUT2D eigenvalue weighted by molar-refractivity contribution is -0.118. The first-order chi connectivity index (χ1) is 4.18. The maximum atomic E-state index is 10.5. The Morgan fingerprint density at radius 2 is 2.56 bits per heavy atom. The topological polar surface area (TPSA) is 55.1 Å². The number of nitrogens with one attached hydrogen (secondary N) is 1. The first-order valence-electron chi connectivity index (χ1n) is 2.63. The lowest BCUT2D eigenvalue weighted by Gasteiger charge is -2.05. The van der Waals surface area contributed by atoms with Crippen LogP contribution in [0.4, 0.5) is 0 Å². The van der Waals surface area contributed by atoms with Crippen LogP contribution in [0, 0.1) is 0 Å². The zero-order valence-corrected chi connectivity index (χ0v) is 7.50. The van der Waals surface area contributed by atoms with E-state index < -0.39 is 0 Å². The van der Waals surface area contributed by atoms with Gasteiger partial charge in [-0.15, -0.1) is 0 Å². The highest BCUT2D eigenvalue weighted by atomic mass is 32.0. The van der Waals surface area contributed by atoms with Crippen molar-refractivity contribution in [1.82, 2.24) is 5.09 Å². The summed E-state index contributed by atoms with van der Waals surface area (Å²) in [5, 5.41) is 2.97. The first-order valence-corrected chi connectivity index (χ1v) is 5.44. The second-order valence-corrected chi connectivity index (χ2v) is 3.25. The van der Waals surface area contributed by atoms with E-state index in [1.807, 2.05) is 0 Å². The summed E-state index contributed by atoms with van der Waals surface area (Å²) in [7, 11) is 3.10. The van der Waals surface area contributed by atoms with Crippen LogP contribution in [0.3, 0.4) is 0 Å². The van der Waals surface area contributed by atoms with Gasteiger partial charge in [0.15, 0.2) is 0 Å². The summed E-state index contributed by atoms with van der Waals surface area (Å²) in [6.07, 6.45) is 0. The summed E-state index contributed by atoms with van der Waals surface area (Å²) in [5.41, 5.74) is 5.39. The molecule has 0 radical (unpaired) electrons. The largest absolute Gasteiger partial charge is 0.320 e. The SMILES string of the molecule is CC(=O)[C@@H](N)CNPP. The van der Waals surface area contributed by atoms with Gasteiger partial charge in [-0.3, -0.25) is 9.88 Å². The molecule has 0 aliphatic heterocycles. The fourth-order valence-electron chi connectivity index (χ4n) is 0.313. The highest BCUT2D eigenvalue weighted by Crippen LogP contribution is 2.12. The van der Waals surface area contributed by atoms with Crippen molar-refractivity contribution in [2.45, 2.75) is 13.0 Å². The van der Waals surface area contributed by atoms with Crippen LogP contribution in [0.15, 0.2) is 0 Å². The Bertz CT molecular complexity index is 98.6. The summed E-state index contributed by atoms with van der Waals surface area (Å²) in [6, 6.07) is -0.335. The van der Waals surface area contributed by atoms with Crippen LogP contribution in [0.5, 0.6) is 0 Å². The van der Waals surface area contributed by atoms with Crippen LogP contribution in [0.1, 0.15) is 6.92 Å². The number of ketones is 1. The van der Waals surface area contributed by atoms with Crippen molar-refractivity contribution in [3.63, 3.8) is 0 Å². The van der Waals surface area contributed by atoms with E-state index in [1.54, 1.807) is 0 Å². The maximum Gasteiger partial charge on any atom is 0.147 e. The van der Waals surface area contributed by atoms with Crippen LogP contribution in [0.25, 0.3) is 0 Å². The van der Waals surface area contributed by atoms with Gasteiger partial charge >= 0.3 is 0 Å². The summed E-state index contributed by atoms with van der Waals surface area (Å²) in [4.78, 5) is 10.5. The fourth-order valence-corrected chi connectivity index (χ4v) is 1.00. The molecule has 0 saturated carbocycles. The zero-order chi connectivity index (χ0) is 7.28. The molecule has 0 saturated heterocycles. The third kappa shape index (κ3) is 4.92. The number of carbonyl (C=O) groups is 1. The lowest BCUT2D eigenvalue weighted by atomic mass is 10.2. The van der Waals surface area contributed by atoms with Crippen molar-refractivity contribution in [3.8, 4) is 0 Å². The average Bonchev–Trinajstić information content (AvgIpc) is 1.82. The molecule has 9 heavy (non-hydrogen) atoms. The highest BCUT2D eigenvalue weighted by Gasteiger charge is 2.04. The molecule has 0 aromatic rings. The van der Waals surface area contributed by atoms with Crippen molar-refractivity contribution >= 4 is 23.1 Å². The quantitative estimate of drug-likeness (QED) is 0.572. The Morgan fingerprint density at radius 1 is 2.00 bits per heavy atom. The number of rotatable bonds is 4. The number of Topliss-reactive ketones (excluding diaryl/α,β-unsaturated/α-hetero) is 1. The smallest absolute Gasteiger partial charge is 0.147 e. The van der Waals surface area contributed by atoms with Gasteiger partial charge in [0.05, 0.1) is 6.04 Å². The van der Waals surface area contributed by atoms with Gasteiger partial charge in [-0.2, -0.15) is 0 Å². The van der Waals surface area contributed by atoms with E-state index in [4.69, 9.17) is 5.73 Å². The molecule has 3 atom stereocenters. The van der Waals surface area contributed by atoms with Gasteiger partial charge < -0.3 is 5.73 Å². The first kappa shape index (κ1) is 9.45. The minimum atomic E-state index is -0.335. The molecule has 0 aliphatic rings. The van der Waals surface area contributed by atoms with Crippen LogP contribution in [0.2, 0.25) is 0 Å². The van der Waals surface area contributed by atoms with Gasteiger partial charge in [-0.25, -0.2) is 0 Å². The average molecular weight is 166 g/mol. The molecule has 0 fully saturated rings. The molecule has 0 amide bonds. The standard InChI is InChI=1S/C4H12N2OP2/c1-3(7)4(5)2-6-9-8/h4,6,9H,2,5,8H2,1H3/t4-/m0/s1. The molecule has 5 heteroatoms. The van der Waals surface area contributed by atoms with Crippen LogP contribution in [-0.2, 0) is 4.79 Å². The summed E-state index contributed by atoms with van der Waals surface area (Å²) < 4.78 is 0. The number of carbonyl (C=O) groups excluding carboxylic acids is 1. The van der Waals surface area contributed by atoms with Gasteiger partial charge in [-0.05, 0) is 15.3 Å². The van der Waals surface area contributed by atoms with Crippen LogP contribution in [-0.4, -0.2) is 18.4 Å². The van der Waals surface area contributed by atoms with Gasteiger partial charge in [0.1, 0.15) is 5.78 Å². The zero-order valence-electron chi connectivity index (χ0n) is 5.35. The molecule has 0 rings (SSSR count). The van der Waals surface area contributed by atoms with Crippen molar-refractivity contribution in [2.75, 3.05) is 6.54 Å². The monoisotopic (exact) mass is 166 g/mol. The predicted octanol–water partition coefficient (Wildman–Crippen LogP) is -0.124. The van der Waals surface area contributed by atoms with Gasteiger partial charge in [-0.1, -0.05) is 8.93 Å². The molecule has 0 heterocycles. The lowest BCUT2D eigenvalue weighted by Crippen LogP contribution is -2.36. The van der Waals surface area contributed by atoms with E-state index in [0.717, 1.165) is 0 Å². The summed E-state index contributed by atoms with van der Waals surface area (Å²) >= 11 is 0. The van der Waals surface area contributed by atoms with Crippen molar-refractivity contribution < 1.29 is 4.79 Å². The van der Waals surface area contributed by atoms with E-state index >= 15 is 0 Å². The second-order valence-electron chi connectivity index (χ2n) is 1.74. The van der Waals surface area contributed by atoms with E-state index in [0.29, 0.717) is 15.0 Å². The summed E-state index contributed by atoms with van der Waals surface area (Å²) in [5.74, 6) is 0.0331. The van der Waals surface area contributed by atoms with Gasteiger partial charge in [0.2, 0.25) is 0 Å². The van der Waals surface area contributed by atoms with E-state index in [1.165, 1.54) is 6.92 Å². The van der Waals surface area contributed by atoms with Crippen molar-refractivity contribution in [3.05, 3.63) is 0 Å². The Balaban J connectivity index is 3.27. The Labute approximate surface area is 59.1 Å². The maximum absolute atomic E-state index is 10.5. The molecule has 54 valence electrons. The molecular formula is C4H12N2OP2. The number of nitrogens with two attached hydrogens (primary N) is 1. The van der Waals surface area contributed by atoms with Crippen LogP contribution >= 0.6 is 17.3 Å². The number of hydrogen-bond acceptors (Lipinski definition) is 3. The Kier molecular flexibility index (Phi) is 5.51. The van der Waals surface area contributed by atoms with E-state index in [2.05, 4.69) is 14.0 Å². The molecule has 0 bridgehead atoms. The third-order valence-electron chi connectivity index (χ3n) is 0.946. The third-order valence-corrected chi connectivity index (χ3v) is 1.97. The predicted molar refractivity (Wildman–Crippen MR) is 44.7 cm³/mol. The van der Waals surface area contributed by atoms with Crippen molar-refractivity contribution in [1.29, 1.82) is 0 Å². The van der Waals surface area contributed by atoms with Crippen LogP contribution < -0.4 is 10.8 Å². The van der Waals surface area contributed by atoms with E-state index in [-0.39, 0.29) is 11.8 Å². The highest BCUT2D eigenvalue weighted by molar-refractivity contribution is 8.01. The van der Waals surface area contributed by atoms with Crippen molar-refractivity contribution in [2.24, 2.45) is 5.73 Å². The fraction of sp³-hybridized carbons (Fsp3) is 0.750.